The van der Waals surface area contributed by atoms with Crippen LogP contribution in [0.1, 0.15) is 17.4 Å². The molecular formula is C9H11ClN4O3S2. The predicted octanol–water partition coefficient (Wildman–Crippen LogP) is 1.32. The molecule has 0 radical (unpaired) electrons. The van der Waals surface area contributed by atoms with Crippen molar-refractivity contribution in [1.29, 1.82) is 0 Å². The van der Waals surface area contributed by atoms with Crippen LogP contribution in [0.4, 0.5) is 0 Å². The third kappa shape index (κ3) is 3.50. The Morgan fingerprint density at radius 3 is 2.63 bits per heavy atom. The Labute approximate surface area is 119 Å². The van der Waals surface area contributed by atoms with Crippen LogP contribution in [0.25, 0.3) is 0 Å². The third-order valence-electron chi connectivity index (χ3n) is 2.18. The summed E-state index contributed by atoms with van der Waals surface area (Å²) in [6.45, 7) is 3.44. The first-order valence-electron chi connectivity index (χ1n) is 5.30. The minimum Gasteiger partial charge on any atom is -0.340 e. The highest BCUT2D eigenvalue weighted by Crippen LogP contribution is 2.26. The summed E-state index contributed by atoms with van der Waals surface area (Å²) >= 11 is 6.61. The first kappa shape index (κ1) is 14.4. The summed E-state index contributed by atoms with van der Waals surface area (Å²) in [5.74, 6) is 0.905. The van der Waals surface area contributed by atoms with E-state index in [-0.39, 0.29) is 15.2 Å². The van der Waals surface area contributed by atoms with E-state index in [1.807, 2.05) is 0 Å². The molecule has 0 aliphatic rings. The quantitative estimate of drug-likeness (QED) is 0.891. The molecule has 0 aromatic carbocycles. The lowest BCUT2D eigenvalue weighted by Gasteiger charge is -2.03. The molecule has 2 aromatic heterocycles. The van der Waals surface area contributed by atoms with E-state index in [1.54, 1.807) is 13.8 Å². The van der Waals surface area contributed by atoms with E-state index in [0.717, 1.165) is 11.3 Å². The zero-order chi connectivity index (χ0) is 14.0. The van der Waals surface area contributed by atoms with E-state index in [2.05, 4.69) is 19.8 Å². The molecule has 0 aliphatic heterocycles. The maximum absolute atomic E-state index is 12.0. The number of hydrogen-bond donors (Lipinski definition) is 1. The first-order valence-corrected chi connectivity index (χ1v) is 7.98. The molecule has 1 N–H and O–H groups in total. The Kier molecular flexibility index (Phi) is 4.19. The molecule has 0 fully saturated rings. The molecule has 2 aromatic rings. The Bertz CT molecular complexity index is 679. The summed E-state index contributed by atoms with van der Waals surface area (Å²) in [6.07, 6.45) is 0.349. The highest BCUT2D eigenvalue weighted by molar-refractivity contribution is 7.91. The van der Waals surface area contributed by atoms with Crippen molar-refractivity contribution in [2.45, 2.75) is 24.5 Å². The van der Waals surface area contributed by atoms with E-state index in [4.69, 9.17) is 16.1 Å². The minimum atomic E-state index is -3.60. The molecule has 0 bridgehead atoms. The van der Waals surface area contributed by atoms with Crippen LogP contribution < -0.4 is 4.72 Å². The van der Waals surface area contributed by atoms with E-state index < -0.39 is 10.0 Å². The highest BCUT2D eigenvalue weighted by Gasteiger charge is 2.21. The smallest absolute Gasteiger partial charge is 0.251 e. The zero-order valence-corrected chi connectivity index (χ0v) is 12.6. The number of nitrogens with one attached hydrogen (secondary N) is 1. The van der Waals surface area contributed by atoms with E-state index in [1.165, 1.54) is 0 Å². The van der Waals surface area contributed by atoms with Gasteiger partial charge in [0.15, 0.2) is 14.5 Å². The molecular weight excluding hydrogens is 312 g/mol. The number of nitrogens with zero attached hydrogens (tertiary/aromatic N) is 3. The van der Waals surface area contributed by atoms with Gasteiger partial charge < -0.3 is 4.52 Å². The van der Waals surface area contributed by atoms with Crippen LogP contribution in [-0.2, 0) is 16.4 Å². The maximum Gasteiger partial charge on any atom is 0.251 e. The molecule has 0 saturated carbocycles. The van der Waals surface area contributed by atoms with E-state index in [9.17, 15) is 8.42 Å². The second-order valence-electron chi connectivity index (χ2n) is 3.72. The monoisotopic (exact) mass is 322 g/mol. The van der Waals surface area contributed by atoms with Gasteiger partial charge in [-0.15, -0.1) is 0 Å². The lowest BCUT2D eigenvalue weighted by Crippen LogP contribution is -2.26. The number of hydrogen-bond acceptors (Lipinski definition) is 7. The van der Waals surface area contributed by atoms with Crippen LogP contribution >= 0.6 is 22.9 Å². The van der Waals surface area contributed by atoms with Gasteiger partial charge in [-0.2, -0.15) is 4.98 Å². The van der Waals surface area contributed by atoms with Crippen LogP contribution in [0.2, 0.25) is 4.47 Å². The standard InChI is InChI=1S/C9H11ClN4O3S2/c1-5-8(18-9(10)12-5)19(15,16)11-4-3-7-13-6(2)17-14-7/h11H,3-4H2,1-2H3. The second kappa shape index (κ2) is 5.53. The predicted molar refractivity (Wildman–Crippen MR) is 69.8 cm³/mol. The second-order valence-corrected chi connectivity index (χ2v) is 7.26. The Morgan fingerprint density at radius 2 is 2.11 bits per heavy atom. The van der Waals surface area contributed by atoms with E-state index >= 15 is 0 Å². The molecule has 10 heteroatoms. The van der Waals surface area contributed by atoms with Crippen LogP contribution in [0.15, 0.2) is 8.73 Å². The van der Waals surface area contributed by atoms with Crippen molar-refractivity contribution in [1.82, 2.24) is 19.8 Å². The SMILES string of the molecule is Cc1nc(CCNS(=O)(=O)c2sc(Cl)nc2C)no1. The van der Waals surface area contributed by atoms with Crippen molar-refractivity contribution in [2.75, 3.05) is 6.54 Å². The normalized spacial score (nSPS) is 11.9. The molecule has 7 nitrogen and oxygen atoms in total. The van der Waals surface area contributed by atoms with Gasteiger partial charge in [0.25, 0.3) is 10.0 Å². The topological polar surface area (TPSA) is 98.0 Å². The molecule has 0 amide bonds. The number of aryl methyl sites for hydroxylation is 2. The van der Waals surface area contributed by atoms with Gasteiger partial charge in [-0.1, -0.05) is 28.1 Å². The average Bonchev–Trinajstić information content (AvgIpc) is 2.85. The molecule has 0 aliphatic carbocycles. The van der Waals surface area contributed by atoms with Gasteiger partial charge in [0.05, 0.1) is 5.69 Å². The fraction of sp³-hybridized carbons (Fsp3) is 0.444. The third-order valence-corrected chi connectivity index (χ3v) is 5.51. The van der Waals surface area contributed by atoms with Gasteiger partial charge in [0.1, 0.15) is 0 Å². The van der Waals surface area contributed by atoms with Crippen molar-refractivity contribution in [3.8, 4) is 0 Å². The van der Waals surface area contributed by atoms with Crippen LogP contribution in [0, 0.1) is 13.8 Å². The molecule has 2 heterocycles. The summed E-state index contributed by atoms with van der Waals surface area (Å²) in [5, 5.41) is 3.68. The zero-order valence-electron chi connectivity index (χ0n) is 10.2. The van der Waals surface area contributed by atoms with E-state index in [0.29, 0.717) is 23.8 Å². The summed E-state index contributed by atoms with van der Waals surface area (Å²) < 4.78 is 31.6. The molecule has 0 atom stereocenters. The van der Waals surface area contributed by atoms with Gasteiger partial charge >= 0.3 is 0 Å². The maximum atomic E-state index is 12.0. The molecule has 19 heavy (non-hydrogen) atoms. The number of sulfonamides is 1. The molecule has 0 saturated heterocycles. The van der Waals surface area contributed by atoms with Crippen molar-refractivity contribution in [3.63, 3.8) is 0 Å². The van der Waals surface area contributed by atoms with Crippen molar-refractivity contribution < 1.29 is 12.9 Å². The fourth-order valence-electron chi connectivity index (χ4n) is 1.41. The van der Waals surface area contributed by atoms with Crippen molar-refractivity contribution in [2.24, 2.45) is 0 Å². The van der Waals surface area contributed by atoms with Crippen molar-refractivity contribution >= 4 is 33.0 Å². The van der Waals surface area contributed by atoms with Crippen LogP contribution in [0.3, 0.4) is 0 Å². The number of thiazole rings is 1. The molecule has 0 unspecified atom stereocenters. The largest absolute Gasteiger partial charge is 0.340 e. The summed E-state index contributed by atoms with van der Waals surface area (Å²) in [7, 11) is -3.60. The summed E-state index contributed by atoms with van der Waals surface area (Å²) in [5.41, 5.74) is 0.387. The number of rotatable bonds is 5. The molecule has 0 spiro atoms. The Hall–Kier alpha value is -1.03. The minimum absolute atomic E-state index is 0.127. The van der Waals surface area contributed by atoms with Crippen LogP contribution in [-0.4, -0.2) is 30.1 Å². The van der Waals surface area contributed by atoms with Gasteiger partial charge in [0, 0.05) is 19.9 Å². The Morgan fingerprint density at radius 1 is 1.37 bits per heavy atom. The first-order chi connectivity index (χ1) is 8.88. The summed E-state index contributed by atoms with van der Waals surface area (Å²) in [4.78, 5) is 7.85. The Balaban J connectivity index is 2.00. The number of aromatic nitrogens is 3. The summed E-state index contributed by atoms with van der Waals surface area (Å²) in [6, 6.07) is 0. The highest BCUT2D eigenvalue weighted by atomic mass is 35.5. The lowest BCUT2D eigenvalue weighted by molar-refractivity contribution is 0.387. The van der Waals surface area contributed by atoms with Gasteiger partial charge in [0.2, 0.25) is 5.89 Å². The van der Waals surface area contributed by atoms with Crippen LogP contribution in [0.5, 0.6) is 0 Å². The lowest BCUT2D eigenvalue weighted by atomic mass is 10.4. The number of halogens is 1. The van der Waals surface area contributed by atoms with Gasteiger partial charge in [-0.25, -0.2) is 18.1 Å². The average molecular weight is 323 g/mol. The van der Waals surface area contributed by atoms with Gasteiger partial charge in [-0.05, 0) is 6.92 Å². The van der Waals surface area contributed by atoms with Gasteiger partial charge in [-0.3, -0.25) is 0 Å². The van der Waals surface area contributed by atoms with Crippen molar-refractivity contribution in [3.05, 3.63) is 21.9 Å². The molecule has 2 rings (SSSR count). The molecule has 104 valence electrons. The fourth-order valence-corrected chi connectivity index (χ4v) is 4.22.